The summed E-state index contributed by atoms with van der Waals surface area (Å²) in [4.78, 5) is 34.5. The summed E-state index contributed by atoms with van der Waals surface area (Å²) >= 11 is 3.13. The van der Waals surface area contributed by atoms with Crippen molar-refractivity contribution in [2.24, 2.45) is 0 Å². The van der Waals surface area contributed by atoms with E-state index in [9.17, 15) is 22.8 Å². The van der Waals surface area contributed by atoms with Gasteiger partial charge in [-0.2, -0.15) is 13.2 Å². The van der Waals surface area contributed by atoms with Crippen molar-refractivity contribution in [2.75, 3.05) is 39.4 Å². The molecule has 0 spiro atoms. The number of hydrogen-bond donors (Lipinski definition) is 0. The Balaban J connectivity index is 1.51. The minimum absolute atomic E-state index is 0.0637. The molecular formula is C30H34F3N3O4S2. The van der Waals surface area contributed by atoms with Crippen molar-refractivity contribution in [3.8, 4) is 16.3 Å². The van der Waals surface area contributed by atoms with Gasteiger partial charge in [0.2, 0.25) is 5.91 Å². The van der Waals surface area contributed by atoms with Gasteiger partial charge in [0.05, 0.1) is 17.9 Å². The van der Waals surface area contributed by atoms with Gasteiger partial charge in [0, 0.05) is 60.7 Å². The summed E-state index contributed by atoms with van der Waals surface area (Å²) in [6.07, 6.45) is -3.67. The van der Waals surface area contributed by atoms with Crippen molar-refractivity contribution >= 4 is 35.0 Å². The number of aromatic nitrogens is 1. The lowest BCUT2D eigenvalue weighted by molar-refractivity contribution is -0.145. The molecule has 4 rings (SSSR count). The predicted molar refractivity (Wildman–Crippen MR) is 158 cm³/mol. The number of carbonyl (C=O) groups is 2. The molecule has 226 valence electrons. The third-order valence-electron chi connectivity index (χ3n) is 6.86. The molecule has 1 fully saturated rings. The Morgan fingerprint density at radius 1 is 1.05 bits per heavy atom. The van der Waals surface area contributed by atoms with Gasteiger partial charge in [-0.15, -0.1) is 23.1 Å². The van der Waals surface area contributed by atoms with E-state index in [2.05, 4.69) is 4.90 Å². The molecule has 0 saturated carbocycles. The Labute approximate surface area is 252 Å². The highest BCUT2D eigenvalue weighted by Crippen LogP contribution is 2.36. The molecule has 0 N–H and O–H groups in total. The number of aryl methyl sites for hydroxylation is 1. The fourth-order valence-electron chi connectivity index (χ4n) is 4.53. The average Bonchev–Trinajstić information content (AvgIpc) is 3.37. The third kappa shape index (κ3) is 8.48. The number of thioether (sulfide) groups is 1. The lowest BCUT2D eigenvalue weighted by Gasteiger charge is -2.33. The Bertz CT molecular complexity index is 1370. The van der Waals surface area contributed by atoms with Crippen LogP contribution in [0, 0.1) is 0 Å². The van der Waals surface area contributed by atoms with Crippen molar-refractivity contribution in [3.63, 3.8) is 0 Å². The molecule has 0 aliphatic carbocycles. The number of carbonyl (C=O) groups excluding carboxylic acids is 2. The molecule has 2 aromatic carbocycles. The maximum Gasteiger partial charge on any atom is 0.416 e. The second kappa shape index (κ2) is 14.4. The van der Waals surface area contributed by atoms with Crippen molar-refractivity contribution in [3.05, 3.63) is 64.2 Å². The first-order valence-corrected chi connectivity index (χ1v) is 15.6. The van der Waals surface area contributed by atoms with Gasteiger partial charge in [0.25, 0.3) is 0 Å². The maximum atomic E-state index is 13.1. The lowest BCUT2D eigenvalue weighted by Crippen LogP contribution is -2.47. The highest BCUT2D eigenvalue weighted by Gasteiger charge is 2.30. The van der Waals surface area contributed by atoms with E-state index in [4.69, 9.17) is 14.5 Å². The molecule has 1 aromatic heterocycles. The van der Waals surface area contributed by atoms with E-state index < -0.39 is 17.7 Å². The van der Waals surface area contributed by atoms with Crippen molar-refractivity contribution in [1.29, 1.82) is 0 Å². The number of ether oxygens (including phenoxy) is 2. The lowest BCUT2D eigenvalue weighted by atomic mass is 10.1. The van der Waals surface area contributed by atoms with Gasteiger partial charge in [-0.05, 0) is 49.2 Å². The summed E-state index contributed by atoms with van der Waals surface area (Å²) in [6.45, 7) is 8.85. The first-order valence-electron chi connectivity index (χ1n) is 13.8. The molecule has 12 heteroatoms. The van der Waals surface area contributed by atoms with Crippen LogP contribution in [-0.2, 0) is 39.2 Å². The topological polar surface area (TPSA) is 72.0 Å². The van der Waals surface area contributed by atoms with Gasteiger partial charge >= 0.3 is 12.1 Å². The summed E-state index contributed by atoms with van der Waals surface area (Å²) in [7, 11) is 0. The van der Waals surface area contributed by atoms with Gasteiger partial charge < -0.3 is 14.4 Å². The number of rotatable bonds is 11. The van der Waals surface area contributed by atoms with Crippen LogP contribution >= 0.6 is 23.1 Å². The number of thiazole rings is 1. The Morgan fingerprint density at radius 3 is 2.38 bits per heavy atom. The summed E-state index contributed by atoms with van der Waals surface area (Å²) in [5.74, 6) is 0.923. The zero-order valence-corrected chi connectivity index (χ0v) is 25.5. The molecule has 2 heterocycles. The molecule has 7 nitrogen and oxygen atoms in total. The zero-order valence-electron chi connectivity index (χ0n) is 23.8. The van der Waals surface area contributed by atoms with Crippen LogP contribution in [-0.4, -0.2) is 66.1 Å². The number of nitrogens with zero attached hydrogens (tertiary/aromatic N) is 3. The van der Waals surface area contributed by atoms with Crippen LogP contribution in [0.5, 0.6) is 5.75 Å². The molecule has 3 aromatic rings. The number of alkyl halides is 3. The fraction of sp³-hybridized carbons (Fsp3) is 0.433. The monoisotopic (exact) mass is 621 g/mol. The van der Waals surface area contributed by atoms with Gasteiger partial charge in [-0.25, -0.2) is 9.78 Å². The van der Waals surface area contributed by atoms with E-state index in [1.807, 2.05) is 30.0 Å². The van der Waals surface area contributed by atoms with Crippen molar-refractivity contribution < 1.29 is 32.2 Å². The summed E-state index contributed by atoms with van der Waals surface area (Å²) in [6, 6.07) is 11.0. The molecule has 0 unspecified atom stereocenters. The summed E-state index contributed by atoms with van der Waals surface area (Å²) < 4.78 is 49.9. The van der Waals surface area contributed by atoms with Crippen LogP contribution in [0.2, 0.25) is 0 Å². The second-order valence-electron chi connectivity index (χ2n) is 9.75. The summed E-state index contributed by atoms with van der Waals surface area (Å²) in [5.41, 5.74) is 1.82. The predicted octanol–water partition coefficient (Wildman–Crippen LogP) is 6.29. The van der Waals surface area contributed by atoms with E-state index in [1.54, 1.807) is 25.6 Å². The van der Waals surface area contributed by atoms with Crippen molar-refractivity contribution in [1.82, 2.24) is 14.8 Å². The molecule has 0 atom stereocenters. The molecular weight excluding hydrogens is 587 g/mol. The second-order valence-corrected chi connectivity index (χ2v) is 11.9. The van der Waals surface area contributed by atoms with Crippen LogP contribution in [0.15, 0.2) is 47.4 Å². The van der Waals surface area contributed by atoms with E-state index in [-0.39, 0.29) is 12.5 Å². The average molecular weight is 622 g/mol. The van der Waals surface area contributed by atoms with Crippen LogP contribution in [0.4, 0.5) is 13.2 Å². The van der Waals surface area contributed by atoms with E-state index in [1.165, 1.54) is 23.5 Å². The molecule has 1 aliphatic rings. The highest BCUT2D eigenvalue weighted by atomic mass is 32.2. The first-order chi connectivity index (χ1) is 20.1. The van der Waals surface area contributed by atoms with E-state index >= 15 is 0 Å². The number of benzene rings is 2. The van der Waals surface area contributed by atoms with Crippen LogP contribution in [0.25, 0.3) is 10.6 Å². The summed E-state index contributed by atoms with van der Waals surface area (Å²) in [5, 5.41) is 0.675. The zero-order chi connectivity index (χ0) is 30.3. The normalized spacial score (nSPS) is 14.2. The Hall–Kier alpha value is -3.09. The highest BCUT2D eigenvalue weighted by molar-refractivity contribution is 7.98. The third-order valence-corrected chi connectivity index (χ3v) is 9.21. The number of hydrogen-bond acceptors (Lipinski definition) is 8. The van der Waals surface area contributed by atoms with Gasteiger partial charge in [0.15, 0.2) is 6.61 Å². The van der Waals surface area contributed by atoms with Gasteiger partial charge in [-0.3, -0.25) is 9.69 Å². The minimum atomic E-state index is -4.40. The standard InChI is InChI=1S/C30H34F3N3O4S2/c1-4-21-16-24(10-11-26(21)40-18-28(38)39-5-2)41-19-27-25(17-35-12-14-36(15-13-35)20(3)37)34-29(42-27)22-6-8-23(9-7-22)30(31,32)33/h6-11,16H,4-5,12-15,17-19H2,1-3H3. The fourth-order valence-corrected chi connectivity index (χ4v) is 6.67. The quantitative estimate of drug-likeness (QED) is 0.184. The largest absolute Gasteiger partial charge is 0.482 e. The molecule has 1 saturated heterocycles. The van der Waals surface area contributed by atoms with Crippen molar-refractivity contribution in [2.45, 2.75) is 50.6 Å². The number of esters is 1. The number of halogens is 3. The maximum absolute atomic E-state index is 13.1. The van der Waals surface area contributed by atoms with Gasteiger partial charge in [0.1, 0.15) is 10.8 Å². The Morgan fingerprint density at radius 2 is 1.76 bits per heavy atom. The molecule has 42 heavy (non-hydrogen) atoms. The molecule has 1 aliphatic heterocycles. The molecule has 1 amide bonds. The van der Waals surface area contributed by atoms with Crippen LogP contribution in [0.1, 0.15) is 42.5 Å². The minimum Gasteiger partial charge on any atom is -0.482 e. The van der Waals surface area contributed by atoms with E-state index in [0.717, 1.165) is 52.7 Å². The Kier molecular flexibility index (Phi) is 10.9. The van der Waals surface area contributed by atoms with Crippen LogP contribution in [0.3, 0.4) is 0 Å². The molecule has 0 radical (unpaired) electrons. The van der Waals surface area contributed by atoms with E-state index in [0.29, 0.717) is 48.3 Å². The first kappa shape index (κ1) is 31.8. The van der Waals surface area contributed by atoms with Gasteiger partial charge in [-0.1, -0.05) is 19.1 Å². The molecule has 0 bridgehead atoms. The smallest absolute Gasteiger partial charge is 0.416 e. The SMILES string of the molecule is CCOC(=O)COc1ccc(SCc2sc(-c3ccc(C(F)(F)F)cc3)nc2CN2CCN(C(C)=O)CC2)cc1CC. The number of amides is 1. The van der Waals surface area contributed by atoms with Crippen LogP contribution < -0.4 is 4.74 Å². The number of piperazine rings is 1.